The van der Waals surface area contributed by atoms with E-state index in [1.807, 2.05) is 0 Å². The van der Waals surface area contributed by atoms with Gasteiger partial charge in [-0.2, -0.15) is 0 Å². The summed E-state index contributed by atoms with van der Waals surface area (Å²) in [6.07, 6.45) is 0.204. The third-order valence-corrected chi connectivity index (χ3v) is 6.48. The quantitative estimate of drug-likeness (QED) is 0.850. The van der Waals surface area contributed by atoms with E-state index in [4.69, 9.17) is 0 Å². The Kier molecular flexibility index (Phi) is 5.42. The summed E-state index contributed by atoms with van der Waals surface area (Å²) in [5, 5.41) is 2.78. The van der Waals surface area contributed by atoms with Gasteiger partial charge in [0.2, 0.25) is 11.8 Å². The van der Waals surface area contributed by atoms with Crippen LogP contribution in [0.25, 0.3) is 0 Å². The van der Waals surface area contributed by atoms with Gasteiger partial charge in [0.15, 0.2) is 0 Å². The Bertz CT molecular complexity index is 1000. The fraction of sp³-hybridized carbons (Fsp3) is 0.300. The number of likely N-dealkylation sites (N-methyl/N-ethyl adjacent to an activating group) is 1. The van der Waals surface area contributed by atoms with Crippen LogP contribution in [0.5, 0.6) is 0 Å². The monoisotopic (exact) mass is 401 g/mol. The van der Waals surface area contributed by atoms with Crippen molar-refractivity contribution in [1.29, 1.82) is 0 Å². The van der Waals surface area contributed by atoms with Gasteiger partial charge in [-0.15, -0.1) is 0 Å². The number of carbonyl (C=O) groups is 2. The zero-order chi connectivity index (χ0) is 20.5. The Morgan fingerprint density at radius 2 is 1.79 bits per heavy atom. The standard InChI is InChI=1S/C20H23N3O4S/c1-14-13-23(18-7-5-4-6-17(18)21-20(14)25)28(26,27)16-10-8-15(9-11-16)12-19(24)22(2)3/h4-11,14H,12-13H2,1-3H3,(H,21,25)/t14-/m0/s1. The SMILES string of the molecule is C[C@H]1CN(S(=O)(=O)c2ccc(CC(=O)N(C)C)cc2)c2ccccc2NC1=O. The van der Waals surface area contributed by atoms with Crippen LogP contribution in [0.3, 0.4) is 0 Å². The minimum Gasteiger partial charge on any atom is -0.349 e. The molecule has 3 rings (SSSR count). The predicted octanol–water partition coefficient (Wildman–Crippen LogP) is 2.10. The number of anilines is 2. The first-order chi connectivity index (χ1) is 13.2. The summed E-state index contributed by atoms with van der Waals surface area (Å²) in [6.45, 7) is 1.74. The minimum atomic E-state index is -3.87. The van der Waals surface area contributed by atoms with Crippen LogP contribution in [-0.4, -0.2) is 45.8 Å². The number of fused-ring (bicyclic) bond motifs is 1. The maximum absolute atomic E-state index is 13.3. The summed E-state index contributed by atoms with van der Waals surface area (Å²) in [5.74, 6) is -0.780. The number of rotatable bonds is 4. The number of hydrogen-bond donors (Lipinski definition) is 1. The number of para-hydroxylation sites is 2. The van der Waals surface area contributed by atoms with Gasteiger partial charge < -0.3 is 10.2 Å². The van der Waals surface area contributed by atoms with Gasteiger partial charge in [0.1, 0.15) is 0 Å². The lowest BCUT2D eigenvalue weighted by atomic mass is 10.1. The summed E-state index contributed by atoms with van der Waals surface area (Å²) in [6, 6.07) is 13.1. The van der Waals surface area contributed by atoms with Gasteiger partial charge in [0.05, 0.1) is 28.6 Å². The molecule has 1 aliphatic heterocycles. The van der Waals surface area contributed by atoms with Gasteiger partial charge in [0.25, 0.3) is 10.0 Å². The molecule has 0 saturated carbocycles. The maximum atomic E-state index is 13.3. The maximum Gasteiger partial charge on any atom is 0.264 e. The van der Waals surface area contributed by atoms with Gasteiger partial charge >= 0.3 is 0 Å². The van der Waals surface area contributed by atoms with E-state index in [0.717, 1.165) is 5.56 Å². The molecule has 0 aliphatic carbocycles. The van der Waals surface area contributed by atoms with Crippen molar-refractivity contribution in [2.45, 2.75) is 18.2 Å². The second-order valence-corrected chi connectivity index (χ2v) is 8.91. The minimum absolute atomic E-state index is 0.0477. The van der Waals surface area contributed by atoms with E-state index in [0.29, 0.717) is 11.4 Å². The molecule has 1 aliphatic rings. The number of carbonyl (C=O) groups excluding carboxylic acids is 2. The number of hydrogen-bond acceptors (Lipinski definition) is 4. The van der Waals surface area contributed by atoms with Crippen molar-refractivity contribution >= 4 is 33.2 Å². The molecule has 0 saturated heterocycles. The summed E-state index contributed by atoms with van der Waals surface area (Å²) < 4.78 is 27.9. The number of nitrogens with one attached hydrogen (secondary N) is 1. The first kappa shape index (κ1) is 19.9. The van der Waals surface area contributed by atoms with Crippen molar-refractivity contribution in [3.05, 3.63) is 54.1 Å². The molecule has 2 amide bonds. The molecular weight excluding hydrogens is 378 g/mol. The van der Waals surface area contributed by atoms with E-state index in [1.54, 1.807) is 57.4 Å². The Hall–Kier alpha value is -2.87. The van der Waals surface area contributed by atoms with Gasteiger partial charge in [0, 0.05) is 20.6 Å². The second kappa shape index (κ2) is 7.63. The van der Waals surface area contributed by atoms with Gasteiger partial charge in [-0.3, -0.25) is 13.9 Å². The molecule has 8 heteroatoms. The average Bonchev–Trinajstić information content (AvgIpc) is 2.79. The molecule has 0 fully saturated rings. The molecular formula is C20H23N3O4S. The Labute approximate surface area is 165 Å². The van der Waals surface area contributed by atoms with Crippen LogP contribution in [0.1, 0.15) is 12.5 Å². The summed E-state index contributed by atoms with van der Waals surface area (Å²) >= 11 is 0. The molecule has 1 heterocycles. The lowest BCUT2D eigenvalue weighted by Crippen LogP contribution is -2.35. The van der Waals surface area contributed by atoms with Crippen molar-refractivity contribution in [2.24, 2.45) is 5.92 Å². The molecule has 0 unspecified atom stereocenters. The van der Waals surface area contributed by atoms with E-state index < -0.39 is 15.9 Å². The number of benzene rings is 2. The van der Waals surface area contributed by atoms with Gasteiger partial charge in [-0.05, 0) is 29.8 Å². The summed E-state index contributed by atoms with van der Waals surface area (Å²) in [5.41, 5.74) is 1.64. The van der Waals surface area contributed by atoms with Gasteiger partial charge in [-0.25, -0.2) is 8.42 Å². The topological polar surface area (TPSA) is 86.8 Å². The molecule has 7 nitrogen and oxygen atoms in total. The highest BCUT2D eigenvalue weighted by molar-refractivity contribution is 7.92. The van der Waals surface area contributed by atoms with Crippen LogP contribution in [0.2, 0.25) is 0 Å². The van der Waals surface area contributed by atoms with E-state index in [1.165, 1.54) is 21.3 Å². The molecule has 2 aromatic rings. The molecule has 1 atom stereocenters. The smallest absolute Gasteiger partial charge is 0.264 e. The third kappa shape index (κ3) is 3.87. The Morgan fingerprint density at radius 3 is 2.43 bits per heavy atom. The molecule has 0 spiro atoms. The normalized spacial score (nSPS) is 16.8. The van der Waals surface area contributed by atoms with Crippen LogP contribution in [0.4, 0.5) is 11.4 Å². The Balaban J connectivity index is 1.96. The van der Waals surface area contributed by atoms with Crippen LogP contribution in [0.15, 0.2) is 53.4 Å². The average molecular weight is 401 g/mol. The molecule has 0 radical (unpaired) electrons. The number of nitrogens with zero attached hydrogens (tertiary/aromatic N) is 2. The summed E-state index contributed by atoms with van der Waals surface area (Å²) in [4.78, 5) is 25.7. The third-order valence-electron chi connectivity index (χ3n) is 4.68. The first-order valence-corrected chi connectivity index (χ1v) is 10.4. The van der Waals surface area contributed by atoms with Crippen molar-refractivity contribution < 1.29 is 18.0 Å². The predicted molar refractivity (Wildman–Crippen MR) is 108 cm³/mol. The molecule has 2 aromatic carbocycles. The van der Waals surface area contributed by atoms with E-state index in [2.05, 4.69) is 5.32 Å². The van der Waals surface area contributed by atoms with Crippen molar-refractivity contribution in [1.82, 2.24) is 4.90 Å². The van der Waals surface area contributed by atoms with Crippen LogP contribution < -0.4 is 9.62 Å². The van der Waals surface area contributed by atoms with E-state index in [9.17, 15) is 18.0 Å². The van der Waals surface area contributed by atoms with Crippen molar-refractivity contribution in [2.75, 3.05) is 30.3 Å². The zero-order valence-corrected chi connectivity index (χ0v) is 16.9. The fourth-order valence-electron chi connectivity index (χ4n) is 2.95. The van der Waals surface area contributed by atoms with E-state index in [-0.39, 0.29) is 29.7 Å². The zero-order valence-electron chi connectivity index (χ0n) is 16.0. The molecule has 0 aromatic heterocycles. The van der Waals surface area contributed by atoms with Crippen LogP contribution in [-0.2, 0) is 26.0 Å². The van der Waals surface area contributed by atoms with E-state index >= 15 is 0 Å². The molecule has 28 heavy (non-hydrogen) atoms. The molecule has 1 N–H and O–H groups in total. The highest BCUT2D eigenvalue weighted by Gasteiger charge is 2.33. The highest BCUT2D eigenvalue weighted by Crippen LogP contribution is 2.34. The Morgan fingerprint density at radius 1 is 1.14 bits per heavy atom. The first-order valence-electron chi connectivity index (χ1n) is 8.92. The van der Waals surface area contributed by atoms with Crippen LogP contribution in [0, 0.1) is 5.92 Å². The highest BCUT2D eigenvalue weighted by atomic mass is 32.2. The van der Waals surface area contributed by atoms with Crippen LogP contribution >= 0.6 is 0 Å². The lowest BCUT2D eigenvalue weighted by molar-refractivity contribution is -0.128. The van der Waals surface area contributed by atoms with Crippen molar-refractivity contribution in [3.63, 3.8) is 0 Å². The fourth-order valence-corrected chi connectivity index (χ4v) is 4.52. The lowest BCUT2D eigenvalue weighted by Gasteiger charge is -2.25. The second-order valence-electron chi connectivity index (χ2n) is 7.05. The largest absolute Gasteiger partial charge is 0.349 e. The number of sulfonamides is 1. The summed E-state index contributed by atoms with van der Waals surface area (Å²) in [7, 11) is -0.521. The molecule has 148 valence electrons. The number of amides is 2. The van der Waals surface area contributed by atoms with Crippen molar-refractivity contribution in [3.8, 4) is 0 Å². The molecule has 0 bridgehead atoms. The van der Waals surface area contributed by atoms with Gasteiger partial charge in [-0.1, -0.05) is 31.2 Å².